The summed E-state index contributed by atoms with van der Waals surface area (Å²) in [5.74, 6) is -3.42. The number of benzene rings is 2. The van der Waals surface area contributed by atoms with E-state index in [9.17, 15) is 29.3 Å². The third-order valence-electron chi connectivity index (χ3n) is 6.27. The van der Waals surface area contributed by atoms with E-state index in [0.717, 1.165) is 33.3 Å². The quantitative estimate of drug-likeness (QED) is 0.214. The Kier molecular flexibility index (Phi) is 6.10. The van der Waals surface area contributed by atoms with Crippen LogP contribution < -0.4 is 0 Å². The summed E-state index contributed by atoms with van der Waals surface area (Å²) in [7, 11) is 0. The summed E-state index contributed by atoms with van der Waals surface area (Å²) in [6, 6.07) is 11.6. The molecule has 34 heavy (non-hydrogen) atoms. The molecule has 4 rings (SSSR count). The lowest BCUT2D eigenvalue weighted by Gasteiger charge is -2.30. The van der Waals surface area contributed by atoms with E-state index < -0.39 is 46.8 Å². The molecule has 0 radical (unpaired) electrons. The Balaban J connectivity index is 1.69. The van der Waals surface area contributed by atoms with E-state index in [4.69, 9.17) is 0 Å². The number of carbonyl (C=O) groups excluding carboxylic acids is 4. The highest BCUT2D eigenvalue weighted by atomic mass is 16.6. The van der Waals surface area contributed by atoms with Crippen molar-refractivity contribution in [3.63, 3.8) is 0 Å². The molecule has 9 heteroatoms. The van der Waals surface area contributed by atoms with Gasteiger partial charge in [-0.05, 0) is 38.8 Å². The molecule has 1 saturated heterocycles. The van der Waals surface area contributed by atoms with Gasteiger partial charge >= 0.3 is 0 Å². The predicted molar refractivity (Wildman–Crippen MR) is 121 cm³/mol. The zero-order chi connectivity index (χ0) is 24.6. The zero-order valence-corrected chi connectivity index (χ0v) is 18.8. The molecule has 3 amide bonds. The van der Waals surface area contributed by atoms with Crippen molar-refractivity contribution in [1.29, 1.82) is 0 Å². The van der Waals surface area contributed by atoms with Gasteiger partial charge < -0.3 is 0 Å². The van der Waals surface area contributed by atoms with Crippen molar-refractivity contribution >= 4 is 29.2 Å². The Morgan fingerprint density at radius 1 is 0.971 bits per heavy atom. The number of ketones is 1. The minimum absolute atomic E-state index is 0.0204. The molecule has 9 nitrogen and oxygen atoms in total. The number of carbonyl (C=O) groups is 4. The smallest absolute Gasteiger partial charge is 0.273 e. The van der Waals surface area contributed by atoms with E-state index in [0.29, 0.717) is 18.4 Å². The van der Waals surface area contributed by atoms with Gasteiger partial charge in [0.15, 0.2) is 5.78 Å². The van der Waals surface area contributed by atoms with Gasteiger partial charge in [0, 0.05) is 23.3 Å². The molecule has 1 aliphatic heterocycles. The number of fused-ring (bicyclic) bond motifs is 1. The van der Waals surface area contributed by atoms with Crippen LogP contribution in [0.15, 0.2) is 60.2 Å². The summed E-state index contributed by atoms with van der Waals surface area (Å²) in [5, 5.41) is 12.7. The summed E-state index contributed by atoms with van der Waals surface area (Å²) in [4.78, 5) is 63.3. The minimum Gasteiger partial charge on any atom is -0.292 e. The number of Topliss-reactive ketones (excluding diaryl/α,β-unsaturated/α-hetero) is 1. The van der Waals surface area contributed by atoms with Crippen LogP contribution in [0.5, 0.6) is 0 Å². The van der Waals surface area contributed by atoms with Crippen LogP contribution in [0.2, 0.25) is 0 Å². The molecule has 1 aliphatic carbocycles. The number of amides is 3. The first-order valence-electron chi connectivity index (χ1n) is 10.9. The van der Waals surface area contributed by atoms with Crippen LogP contribution in [0.3, 0.4) is 0 Å². The van der Waals surface area contributed by atoms with Crippen molar-refractivity contribution in [1.82, 2.24) is 10.0 Å². The molecule has 0 bridgehead atoms. The van der Waals surface area contributed by atoms with Gasteiger partial charge in [0.25, 0.3) is 23.4 Å². The van der Waals surface area contributed by atoms with Crippen LogP contribution in [0.25, 0.3) is 0 Å². The van der Waals surface area contributed by atoms with Crippen molar-refractivity contribution in [3.05, 3.63) is 87.0 Å². The molecule has 2 aromatic rings. The number of imide groups is 1. The highest BCUT2D eigenvalue weighted by Gasteiger charge is 2.51. The van der Waals surface area contributed by atoms with E-state index in [1.165, 1.54) is 12.1 Å². The summed E-state index contributed by atoms with van der Waals surface area (Å²) in [6.07, 6.45) is 2.72. The summed E-state index contributed by atoms with van der Waals surface area (Å²) < 4.78 is 0. The van der Waals surface area contributed by atoms with Crippen molar-refractivity contribution in [3.8, 4) is 0 Å². The van der Waals surface area contributed by atoms with Crippen molar-refractivity contribution in [2.24, 2.45) is 11.8 Å². The molecule has 0 spiro atoms. The average molecular weight is 461 g/mol. The molecule has 0 aromatic heterocycles. The van der Waals surface area contributed by atoms with E-state index in [-0.39, 0.29) is 11.3 Å². The molecule has 1 fully saturated rings. The first-order chi connectivity index (χ1) is 16.2. The van der Waals surface area contributed by atoms with E-state index >= 15 is 0 Å². The molecular formula is C25H23N3O6. The molecule has 0 saturated carbocycles. The largest absolute Gasteiger partial charge is 0.292 e. The van der Waals surface area contributed by atoms with Crippen LogP contribution in [0.1, 0.15) is 46.0 Å². The van der Waals surface area contributed by atoms with Crippen LogP contribution in [-0.2, 0) is 9.59 Å². The second kappa shape index (κ2) is 9.01. The Bertz CT molecular complexity index is 1220. The number of nitro groups is 1. The standard InChI is InChI=1S/C25H23N3O6/c1-15-3-6-17(7-4-15)22(29)14-26(23(30)18-8-10-19(11-9-18)28(33)34)27-24(31)20-12-5-16(2)13-21(20)25(27)32/h3-11,20-21H,12-14H2,1-2H3/t20-,21-/m0/s1. The van der Waals surface area contributed by atoms with E-state index in [1.807, 2.05) is 19.9 Å². The number of non-ortho nitro benzene ring substituents is 1. The van der Waals surface area contributed by atoms with Gasteiger partial charge in [-0.25, -0.2) is 5.01 Å². The molecule has 2 aromatic carbocycles. The summed E-state index contributed by atoms with van der Waals surface area (Å²) in [5.41, 5.74) is 2.09. The Morgan fingerprint density at radius 2 is 1.56 bits per heavy atom. The Hall–Kier alpha value is -4.14. The number of hydrazine groups is 1. The first-order valence-corrected chi connectivity index (χ1v) is 10.9. The predicted octanol–water partition coefficient (Wildman–Crippen LogP) is 3.48. The number of nitro benzene ring substituents is 1. The Morgan fingerprint density at radius 3 is 2.18 bits per heavy atom. The number of hydrogen-bond donors (Lipinski definition) is 0. The number of rotatable bonds is 6. The minimum atomic E-state index is -0.764. The van der Waals surface area contributed by atoms with E-state index in [2.05, 4.69) is 0 Å². The van der Waals surface area contributed by atoms with Gasteiger partial charge in [-0.3, -0.25) is 29.3 Å². The van der Waals surface area contributed by atoms with E-state index in [1.54, 1.807) is 24.3 Å². The normalized spacial score (nSPS) is 19.5. The van der Waals surface area contributed by atoms with Crippen LogP contribution in [-0.4, -0.2) is 45.0 Å². The van der Waals surface area contributed by atoms with Gasteiger partial charge in [-0.2, -0.15) is 5.01 Å². The molecule has 2 aliphatic rings. The maximum atomic E-state index is 13.4. The number of allylic oxidation sites excluding steroid dienone is 2. The van der Waals surface area contributed by atoms with Gasteiger partial charge in [0.05, 0.1) is 16.8 Å². The maximum Gasteiger partial charge on any atom is 0.273 e. The fourth-order valence-electron chi connectivity index (χ4n) is 4.33. The van der Waals surface area contributed by atoms with Crippen molar-refractivity contribution in [2.75, 3.05) is 6.54 Å². The van der Waals surface area contributed by atoms with Gasteiger partial charge in [0.2, 0.25) is 0 Å². The van der Waals surface area contributed by atoms with Gasteiger partial charge in [-0.15, -0.1) is 0 Å². The highest BCUT2D eigenvalue weighted by molar-refractivity contribution is 6.09. The number of aryl methyl sites for hydroxylation is 1. The maximum absolute atomic E-state index is 13.4. The SMILES string of the molecule is CC1=CC[C@@H]2C(=O)N(N(CC(=O)c3ccc(C)cc3)C(=O)c3ccc([N+](=O)[O-])cc3)C(=O)[C@H]2C1. The topological polar surface area (TPSA) is 118 Å². The second-order valence-corrected chi connectivity index (χ2v) is 8.65. The molecular weight excluding hydrogens is 438 g/mol. The summed E-state index contributed by atoms with van der Waals surface area (Å²) in [6.45, 7) is 3.23. The lowest BCUT2D eigenvalue weighted by Crippen LogP contribution is -2.52. The number of nitrogens with zero attached hydrogens (tertiary/aromatic N) is 3. The fourth-order valence-corrected chi connectivity index (χ4v) is 4.33. The van der Waals surface area contributed by atoms with Gasteiger partial charge in [0.1, 0.15) is 6.54 Å². The monoisotopic (exact) mass is 461 g/mol. The molecule has 0 unspecified atom stereocenters. The molecule has 0 N–H and O–H groups in total. The van der Waals surface area contributed by atoms with Crippen molar-refractivity contribution < 1.29 is 24.1 Å². The zero-order valence-electron chi connectivity index (χ0n) is 18.8. The molecule has 1 heterocycles. The highest BCUT2D eigenvalue weighted by Crippen LogP contribution is 2.38. The average Bonchev–Trinajstić information content (AvgIpc) is 3.06. The van der Waals surface area contributed by atoms with Gasteiger partial charge in [-0.1, -0.05) is 41.5 Å². The van der Waals surface area contributed by atoms with Crippen LogP contribution >= 0.6 is 0 Å². The fraction of sp³-hybridized carbons (Fsp3) is 0.280. The van der Waals surface area contributed by atoms with Crippen LogP contribution in [0.4, 0.5) is 5.69 Å². The lowest BCUT2D eigenvalue weighted by molar-refractivity contribution is -0.384. The summed E-state index contributed by atoms with van der Waals surface area (Å²) >= 11 is 0. The number of hydrogen-bond acceptors (Lipinski definition) is 6. The second-order valence-electron chi connectivity index (χ2n) is 8.65. The lowest BCUT2D eigenvalue weighted by atomic mass is 9.82. The first kappa shape index (κ1) is 23.0. The third kappa shape index (κ3) is 4.24. The van der Waals surface area contributed by atoms with Crippen molar-refractivity contribution in [2.45, 2.75) is 26.7 Å². The third-order valence-corrected chi connectivity index (χ3v) is 6.27. The Labute approximate surface area is 195 Å². The molecule has 2 atom stereocenters. The molecule has 174 valence electrons. The van der Waals surface area contributed by atoms with Crippen LogP contribution in [0, 0.1) is 28.9 Å².